The Hall–Kier alpha value is -0.550. The summed E-state index contributed by atoms with van der Waals surface area (Å²) in [5, 5.41) is 9.18. The summed E-state index contributed by atoms with van der Waals surface area (Å²) in [4.78, 5) is 2.42. The van der Waals surface area contributed by atoms with E-state index < -0.39 is 0 Å². The van der Waals surface area contributed by atoms with Crippen molar-refractivity contribution in [1.29, 1.82) is 5.26 Å². The zero-order valence-electron chi connectivity index (χ0n) is 10.2. The van der Waals surface area contributed by atoms with Crippen LogP contribution in [0.1, 0.15) is 51.9 Å². The number of hydrogen-bond acceptors (Lipinski definition) is 2. The summed E-state index contributed by atoms with van der Waals surface area (Å²) in [6.07, 6.45) is 8.70. The molecule has 1 fully saturated rings. The van der Waals surface area contributed by atoms with Crippen LogP contribution in [0.25, 0.3) is 0 Å². The van der Waals surface area contributed by atoms with Crippen molar-refractivity contribution in [2.45, 2.75) is 57.9 Å². The molecule has 15 heavy (non-hydrogen) atoms. The molecular weight excluding hydrogens is 184 g/mol. The van der Waals surface area contributed by atoms with E-state index in [0.717, 1.165) is 13.0 Å². The molecule has 0 bridgehead atoms. The summed E-state index contributed by atoms with van der Waals surface area (Å²) >= 11 is 0. The van der Waals surface area contributed by atoms with Gasteiger partial charge in [-0.05, 0) is 32.9 Å². The fourth-order valence-electron chi connectivity index (χ4n) is 2.54. The molecule has 2 unspecified atom stereocenters. The van der Waals surface area contributed by atoms with Gasteiger partial charge in [0.2, 0.25) is 0 Å². The van der Waals surface area contributed by atoms with Crippen molar-refractivity contribution >= 4 is 0 Å². The average Bonchev–Trinajstić information content (AvgIpc) is 2.50. The third kappa shape index (κ3) is 3.83. The normalized spacial score (nSPS) is 27.3. The van der Waals surface area contributed by atoms with E-state index in [1.807, 2.05) is 0 Å². The number of hydrogen-bond donors (Lipinski definition) is 0. The average molecular weight is 208 g/mol. The number of rotatable bonds is 4. The van der Waals surface area contributed by atoms with Gasteiger partial charge in [-0.3, -0.25) is 0 Å². The van der Waals surface area contributed by atoms with Crippen LogP contribution in [0.2, 0.25) is 0 Å². The highest BCUT2D eigenvalue weighted by atomic mass is 15.1. The van der Waals surface area contributed by atoms with Gasteiger partial charge in [-0.1, -0.05) is 32.6 Å². The van der Waals surface area contributed by atoms with Crippen molar-refractivity contribution in [3.8, 4) is 6.07 Å². The third-order valence-corrected chi connectivity index (χ3v) is 3.58. The van der Waals surface area contributed by atoms with Gasteiger partial charge in [0.05, 0.1) is 12.0 Å². The second-order valence-corrected chi connectivity index (χ2v) is 4.78. The summed E-state index contributed by atoms with van der Waals surface area (Å²) in [5.74, 6) is 0.273. The van der Waals surface area contributed by atoms with Crippen LogP contribution >= 0.6 is 0 Å². The first-order valence-electron chi connectivity index (χ1n) is 6.39. The van der Waals surface area contributed by atoms with Gasteiger partial charge in [0, 0.05) is 6.04 Å². The van der Waals surface area contributed by atoms with Gasteiger partial charge in [-0.2, -0.15) is 5.26 Å². The molecule has 0 N–H and O–H groups in total. The van der Waals surface area contributed by atoms with Crippen LogP contribution in [0, 0.1) is 17.2 Å². The van der Waals surface area contributed by atoms with Gasteiger partial charge < -0.3 is 4.90 Å². The maximum absolute atomic E-state index is 9.18. The summed E-state index contributed by atoms with van der Waals surface area (Å²) in [6, 6.07) is 3.03. The number of nitrogens with zero attached hydrogens (tertiary/aromatic N) is 2. The minimum absolute atomic E-state index is 0.273. The Morgan fingerprint density at radius 3 is 2.67 bits per heavy atom. The van der Waals surface area contributed by atoms with Crippen LogP contribution in [-0.2, 0) is 0 Å². The highest BCUT2D eigenvalue weighted by molar-refractivity contribution is 4.93. The van der Waals surface area contributed by atoms with Crippen molar-refractivity contribution < 1.29 is 0 Å². The van der Waals surface area contributed by atoms with Crippen LogP contribution in [0.3, 0.4) is 0 Å². The number of nitriles is 1. The van der Waals surface area contributed by atoms with Crippen molar-refractivity contribution in [2.75, 3.05) is 13.6 Å². The molecule has 2 atom stereocenters. The highest BCUT2D eigenvalue weighted by Gasteiger charge is 2.26. The molecule has 1 aliphatic carbocycles. The summed E-state index contributed by atoms with van der Waals surface area (Å²) in [6.45, 7) is 3.38. The fraction of sp³-hybridized carbons (Fsp3) is 0.923. The lowest BCUT2D eigenvalue weighted by Crippen LogP contribution is -2.37. The van der Waals surface area contributed by atoms with Gasteiger partial charge in [-0.25, -0.2) is 0 Å². The molecule has 2 heteroatoms. The summed E-state index contributed by atoms with van der Waals surface area (Å²) < 4.78 is 0. The van der Waals surface area contributed by atoms with Gasteiger partial charge in [0.25, 0.3) is 0 Å². The Morgan fingerprint density at radius 1 is 1.27 bits per heavy atom. The standard InChI is InChI=1S/C13H24N2/c1-3-4-10-15(2)13-9-7-5-6-8-12(13)11-14/h12-13H,3-10H2,1-2H3. The Kier molecular flexibility index (Phi) is 5.71. The Morgan fingerprint density at radius 2 is 2.00 bits per heavy atom. The van der Waals surface area contributed by atoms with E-state index in [9.17, 15) is 5.26 Å². The van der Waals surface area contributed by atoms with Gasteiger partial charge in [0.15, 0.2) is 0 Å². The van der Waals surface area contributed by atoms with E-state index in [2.05, 4.69) is 24.9 Å². The van der Waals surface area contributed by atoms with Crippen LogP contribution in [0.15, 0.2) is 0 Å². The lowest BCUT2D eigenvalue weighted by molar-refractivity contribution is 0.188. The van der Waals surface area contributed by atoms with E-state index in [1.54, 1.807) is 0 Å². The third-order valence-electron chi connectivity index (χ3n) is 3.58. The minimum Gasteiger partial charge on any atom is -0.302 e. The second-order valence-electron chi connectivity index (χ2n) is 4.78. The molecule has 0 aromatic carbocycles. The van der Waals surface area contributed by atoms with Gasteiger partial charge >= 0.3 is 0 Å². The van der Waals surface area contributed by atoms with Crippen molar-refractivity contribution in [3.05, 3.63) is 0 Å². The molecule has 1 rings (SSSR count). The van der Waals surface area contributed by atoms with Crippen LogP contribution in [0.5, 0.6) is 0 Å². The smallest absolute Gasteiger partial charge is 0.0672 e. The quantitative estimate of drug-likeness (QED) is 0.663. The van der Waals surface area contributed by atoms with Crippen molar-refractivity contribution in [2.24, 2.45) is 5.92 Å². The fourth-order valence-corrected chi connectivity index (χ4v) is 2.54. The summed E-state index contributed by atoms with van der Waals surface area (Å²) in [5.41, 5.74) is 0. The molecule has 1 saturated carbocycles. The van der Waals surface area contributed by atoms with E-state index in [0.29, 0.717) is 6.04 Å². The second kappa shape index (κ2) is 6.85. The molecule has 0 radical (unpaired) electrons. The summed E-state index contributed by atoms with van der Waals surface area (Å²) in [7, 11) is 2.19. The lowest BCUT2D eigenvalue weighted by atomic mass is 9.95. The molecule has 2 nitrogen and oxygen atoms in total. The maximum atomic E-state index is 9.18. The molecule has 1 aliphatic rings. The van der Waals surface area contributed by atoms with Crippen molar-refractivity contribution in [3.63, 3.8) is 0 Å². The molecule has 0 aromatic heterocycles. The lowest BCUT2D eigenvalue weighted by Gasteiger charge is -2.30. The van der Waals surface area contributed by atoms with Crippen LogP contribution < -0.4 is 0 Å². The zero-order chi connectivity index (χ0) is 11.1. The molecule has 0 heterocycles. The monoisotopic (exact) mass is 208 g/mol. The predicted octanol–water partition coefficient (Wildman–Crippen LogP) is 3.19. The maximum Gasteiger partial charge on any atom is 0.0672 e. The highest BCUT2D eigenvalue weighted by Crippen LogP contribution is 2.26. The predicted molar refractivity (Wildman–Crippen MR) is 63.5 cm³/mol. The molecule has 86 valence electrons. The molecule has 0 aliphatic heterocycles. The number of unbranched alkanes of at least 4 members (excludes halogenated alkanes) is 1. The molecule has 0 spiro atoms. The minimum atomic E-state index is 0.273. The first kappa shape index (κ1) is 12.5. The Bertz CT molecular complexity index is 207. The van der Waals surface area contributed by atoms with Crippen molar-refractivity contribution in [1.82, 2.24) is 4.90 Å². The van der Waals surface area contributed by atoms with E-state index in [-0.39, 0.29) is 5.92 Å². The van der Waals surface area contributed by atoms with E-state index in [4.69, 9.17) is 0 Å². The molecule has 0 amide bonds. The van der Waals surface area contributed by atoms with Crippen LogP contribution in [0.4, 0.5) is 0 Å². The largest absolute Gasteiger partial charge is 0.302 e. The van der Waals surface area contributed by atoms with E-state index >= 15 is 0 Å². The topological polar surface area (TPSA) is 27.0 Å². The van der Waals surface area contributed by atoms with E-state index in [1.165, 1.54) is 38.5 Å². The SMILES string of the molecule is CCCCN(C)C1CCCCCC1C#N. The first-order chi connectivity index (χ1) is 7.29. The molecular formula is C13H24N2. The zero-order valence-corrected chi connectivity index (χ0v) is 10.2. The Balaban J connectivity index is 2.50. The van der Waals surface area contributed by atoms with Gasteiger partial charge in [-0.15, -0.1) is 0 Å². The van der Waals surface area contributed by atoms with Crippen LogP contribution in [-0.4, -0.2) is 24.5 Å². The van der Waals surface area contributed by atoms with Gasteiger partial charge in [0.1, 0.15) is 0 Å². The Labute approximate surface area is 94.3 Å². The molecule has 0 aromatic rings. The molecule has 0 saturated heterocycles. The first-order valence-corrected chi connectivity index (χ1v) is 6.39.